The van der Waals surface area contributed by atoms with Crippen molar-refractivity contribution in [1.29, 1.82) is 0 Å². The Morgan fingerprint density at radius 2 is 1.76 bits per heavy atom. The van der Waals surface area contributed by atoms with Gasteiger partial charge in [0.2, 0.25) is 0 Å². The predicted molar refractivity (Wildman–Crippen MR) is 102 cm³/mol. The minimum atomic E-state index is -0.656. The van der Waals surface area contributed by atoms with Crippen LogP contribution in [0.4, 0.5) is 0 Å². The summed E-state index contributed by atoms with van der Waals surface area (Å²) in [6.45, 7) is 17.2. The van der Waals surface area contributed by atoms with Crippen molar-refractivity contribution in [2.24, 2.45) is 28.6 Å². The molecule has 0 radical (unpaired) electrons. The summed E-state index contributed by atoms with van der Waals surface area (Å²) in [5, 5.41) is 11.0. The number of rotatable bonds is 3. The van der Waals surface area contributed by atoms with Crippen LogP contribution in [0, 0.1) is 28.6 Å². The molecule has 0 aromatic rings. The van der Waals surface area contributed by atoms with Gasteiger partial charge in [0.15, 0.2) is 0 Å². The summed E-state index contributed by atoms with van der Waals surface area (Å²) in [6.07, 6.45) is 5.13. The maximum atomic E-state index is 13.1. The topological polar surface area (TPSA) is 46.5 Å². The van der Waals surface area contributed by atoms with Crippen LogP contribution < -0.4 is 0 Å². The molecule has 3 heteroatoms. The zero-order chi connectivity index (χ0) is 19.3. The standard InChI is InChI=1S/C22H40O3/c1-15-9-16-11-21(8,14-22(24,10-15)12-16)25-18(23)17(20(5,6)7)13-19(2,3)4/h15-17,24H,9-14H2,1-8H3. The fraction of sp³-hybridized carbons (Fsp3) is 0.955. The lowest BCUT2D eigenvalue weighted by Gasteiger charge is -2.51. The summed E-state index contributed by atoms with van der Waals surface area (Å²) < 4.78 is 6.15. The Bertz CT molecular complexity index is 494. The van der Waals surface area contributed by atoms with E-state index < -0.39 is 11.2 Å². The number of hydrogen-bond donors (Lipinski definition) is 1. The van der Waals surface area contributed by atoms with Crippen LogP contribution >= 0.6 is 0 Å². The van der Waals surface area contributed by atoms with Crippen molar-refractivity contribution in [2.45, 2.75) is 105 Å². The first-order valence-electron chi connectivity index (χ1n) is 10.1. The lowest BCUT2D eigenvalue weighted by Crippen LogP contribution is -2.53. The highest BCUT2D eigenvalue weighted by molar-refractivity contribution is 5.74. The highest BCUT2D eigenvalue weighted by Gasteiger charge is 2.51. The molecule has 0 spiro atoms. The molecule has 0 aromatic carbocycles. The van der Waals surface area contributed by atoms with Gasteiger partial charge in [0.25, 0.3) is 0 Å². The van der Waals surface area contributed by atoms with Crippen LogP contribution in [0.2, 0.25) is 0 Å². The molecule has 146 valence electrons. The Hall–Kier alpha value is -0.570. The van der Waals surface area contributed by atoms with Gasteiger partial charge in [-0.25, -0.2) is 0 Å². The monoisotopic (exact) mass is 352 g/mol. The SMILES string of the molecule is CC1CC2CC(O)(C1)CC(C)(OC(=O)C(CC(C)(C)C)C(C)(C)C)C2. The average Bonchev–Trinajstić information content (AvgIpc) is 2.29. The van der Waals surface area contributed by atoms with Crippen molar-refractivity contribution in [3.63, 3.8) is 0 Å². The lowest BCUT2D eigenvalue weighted by atomic mass is 9.61. The summed E-state index contributed by atoms with van der Waals surface area (Å²) in [6, 6.07) is 0. The molecular formula is C22H40O3. The molecule has 2 bridgehead atoms. The van der Waals surface area contributed by atoms with Crippen LogP contribution in [0.3, 0.4) is 0 Å². The van der Waals surface area contributed by atoms with Crippen molar-refractivity contribution >= 4 is 5.97 Å². The summed E-state index contributed by atoms with van der Waals surface area (Å²) in [5.41, 5.74) is -1.24. The molecule has 1 N–H and O–H groups in total. The van der Waals surface area contributed by atoms with Gasteiger partial charge in [-0.15, -0.1) is 0 Å². The first-order valence-corrected chi connectivity index (χ1v) is 10.1. The fourth-order valence-corrected chi connectivity index (χ4v) is 5.43. The highest BCUT2D eigenvalue weighted by atomic mass is 16.6. The first-order chi connectivity index (χ1) is 11.1. The number of fused-ring (bicyclic) bond motifs is 2. The molecule has 0 aromatic heterocycles. The van der Waals surface area contributed by atoms with Gasteiger partial charge in [0.1, 0.15) is 5.60 Å². The van der Waals surface area contributed by atoms with Gasteiger partial charge in [0.05, 0.1) is 11.5 Å². The van der Waals surface area contributed by atoms with E-state index in [1.807, 2.05) is 6.92 Å². The molecule has 0 aliphatic heterocycles. The lowest BCUT2D eigenvalue weighted by molar-refractivity contribution is -0.192. The molecule has 2 rings (SSSR count). The Balaban J connectivity index is 2.14. The minimum absolute atomic E-state index is 0.0780. The zero-order valence-electron chi connectivity index (χ0n) is 17.7. The van der Waals surface area contributed by atoms with E-state index in [1.54, 1.807) is 0 Å². The van der Waals surface area contributed by atoms with Crippen LogP contribution in [0.25, 0.3) is 0 Å². The fourth-order valence-electron chi connectivity index (χ4n) is 5.43. The maximum Gasteiger partial charge on any atom is 0.310 e. The van der Waals surface area contributed by atoms with E-state index in [9.17, 15) is 9.90 Å². The Morgan fingerprint density at radius 1 is 1.16 bits per heavy atom. The van der Waals surface area contributed by atoms with Crippen LogP contribution in [-0.4, -0.2) is 22.3 Å². The molecule has 2 aliphatic rings. The summed E-state index contributed by atoms with van der Waals surface area (Å²) in [5.74, 6) is 0.824. The second-order valence-corrected chi connectivity index (χ2v) is 11.8. The van der Waals surface area contributed by atoms with E-state index in [0.29, 0.717) is 18.3 Å². The van der Waals surface area contributed by atoms with Gasteiger partial charge in [-0.2, -0.15) is 0 Å². The molecule has 25 heavy (non-hydrogen) atoms. The molecular weight excluding hydrogens is 312 g/mol. The quantitative estimate of drug-likeness (QED) is 0.697. The van der Waals surface area contributed by atoms with E-state index in [0.717, 1.165) is 32.1 Å². The average molecular weight is 353 g/mol. The molecule has 0 amide bonds. The third kappa shape index (κ3) is 5.45. The Morgan fingerprint density at radius 3 is 2.24 bits per heavy atom. The maximum absolute atomic E-state index is 13.1. The normalized spacial score (nSPS) is 37.5. The van der Waals surface area contributed by atoms with Crippen molar-refractivity contribution in [1.82, 2.24) is 0 Å². The number of ether oxygens (including phenoxy) is 1. The molecule has 2 aliphatic carbocycles. The third-order valence-corrected chi connectivity index (χ3v) is 6.05. The van der Waals surface area contributed by atoms with E-state index in [2.05, 4.69) is 48.5 Å². The molecule has 5 atom stereocenters. The van der Waals surface area contributed by atoms with Crippen molar-refractivity contribution in [3.05, 3.63) is 0 Å². The largest absolute Gasteiger partial charge is 0.459 e. The smallest absolute Gasteiger partial charge is 0.310 e. The van der Waals surface area contributed by atoms with Crippen LogP contribution in [0.1, 0.15) is 93.9 Å². The van der Waals surface area contributed by atoms with Gasteiger partial charge in [0, 0.05) is 6.42 Å². The summed E-state index contributed by atoms with van der Waals surface area (Å²) >= 11 is 0. The van der Waals surface area contributed by atoms with E-state index >= 15 is 0 Å². The first kappa shape index (κ1) is 20.7. The van der Waals surface area contributed by atoms with Gasteiger partial charge in [-0.1, -0.05) is 48.5 Å². The number of hydrogen-bond acceptors (Lipinski definition) is 3. The number of carbonyl (C=O) groups excluding carboxylic acids is 1. The van der Waals surface area contributed by atoms with Crippen molar-refractivity contribution in [2.75, 3.05) is 0 Å². The predicted octanol–water partition coefficient (Wildman–Crippen LogP) is 5.35. The number of aliphatic hydroxyl groups is 1. The summed E-state index contributed by atoms with van der Waals surface area (Å²) in [7, 11) is 0. The van der Waals surface area contributed by atoms with Gasteiger partial charge < -0.3 is 9.84 Å². The zero-order valence-corrected chi connectivity index (χ0v) is 17.7. The van der Waals surface area contributed by atoms with Gasteiger partial charge in [-0.05, 0) is 61.7 Å². The molecule has 5 unspecified atom stereocenters. The Labute approximate surface area is 154 Å². The molecule has 3 nitrogen and oxygen atoms in total. The molecule has 2 saturated carbocycles. The highest BCUT2D eigenvalue weighted by Crippen LogP contribution is 2.50. The van der Waals surface area contributed by atoms with Crippen LogP contribution in [0.5, 0.6) is 0 Å². The van der Waals surface area contributed by atoms with Gasteiger partial charge in [-0.3, -0.25) is 4.79 Å². The third-order valence-electron chi connectivity index (χ3n) is 6.05. The van der Waals surface area contributed by atoms with Crippen molar-refractivity contribution in [3.8, 4) is 0 Å². The second kappa shape index (κ2) is 6.55. The molecule has 0 saturated heterocycles. The molecule has 0 heterocycles. The second-order valence-electron chi connectivity index (χ2n) is 11.8. The van der Waals surface area contributed by atoms with Crippen molar-refractivity contribution < 1.29 is 14.6 Å². The van der Waals surface area contributed by atoms with E-state index in [4.69, 9.17) is 4.74 Å². The van der Waals surface area contributed by atoms with Crippen LogP contribution in [0.15, 0.2) is 0 Å². The van der Waals surface area contributed by atoms with Gasteiger partial charge >= 0.3 is 5.97 Å². The summed E-state index contributed by atoms with van der Waals surface area (Å²) in [4.78, 5) is 13.1. The van der Waals surface area contributed by atoms with E-state index in [1.165, 1.54) is 0 Å². The van der Waals surface area contributed by atoms with E-state index in [-0.39, 0.29) is 22.7 Å². The number of carbonyl (C=O) groups is 1. The number of esters is 1. The van der Waals surface area contributed by atoms with Crippen LogP contribution in [-0.2, 0) is 9.53 Å². The molecule has 2 fully saturated rings. The Kier molecular flexibility index (Phi) is 5.43. The minimum Gasteiger partial charge on any atom is -0.459 e.